The van der Waals surface area contributed by atoms with Crippen LogP contribution in [0.25, 0.3) is 0 Å². The molecule has 0 rings (SSSR count). The molecule has 0 atom stereocenters. The molecule has 0 saturated heterocycles. The number of hydrogen-bond donors (Lipinski definition) is 1. The van der Waals surface area contributed by atoms with E-state index in [1.54, 1.807) is 0 Å². The standard InChI is InChI=1S/C13H20O5/c1-10(14)6-2-3-7-11(15)12(16)8-4-5-9-13(17)18/h2-9H2,1H3,(H,17,18). The van der Waals surface area contributed by atoms with Crippen LogP contribution in [0.4, 0.5) is 0 Å². The molecule has 0 aliphatic rings. The van der Waals surface area contributed by atoms with Crippen LogP contribution < -0.4 is 0 Å². The van der Waals surface area contributed by atoms with Gasteiger partial charge in [-0.1, -0.05) is 0 Å². The Morgan fingerprint density at radius 3 is 1.50 bits per heavy atom. The summed E-state index contributed by atoms with van der Waals surface area (Å²) in [5.74, 6) is -1.64. The van der Waals surface area contributed by atoms with Gasteiger partial charge in [0, 0.05) is 25.7 Å². The molecule has 5 nitrogen and oxygen atoms in total. The summed E-state index contributed by atoms with van der Waals surface area (Å²) >= 11 is 0. The van der Waals surface area contributed by atoms with Gasteiger partial charge in [-0.15, -0.1) is 0 Å². The van der Waals surface area contributed by atoms with Gasteiger partial charge >= 0.3 is 5.97 Å². The van der Waals surface area contributed by atoms with Crippen LogP contribution >= 0.6 is 0 Å². The van der Waals surface area contributed by atoms with E-state index in [0.29, 0.717) is 32.1 Å². The molecule has 18 heavy (non-hydrogen) atoms. The average Bonchev–Trinajstić information content (AvgIpc) is 2.29. The van der Waals surface area contributed by atoms with Crippen LogP contribution in [-0.4, -0.2) is 28.4 Å². The summed E-state index contributed by atoms with van der Waals surface area (Å²) in [6.07, 6.45) is 2.82. The van der Waals surface area contributed by atoms with E-state index in [-0.39, 0.29) is 25.0 Å². The second-order valence-electron chi connectivity index (χ2n) is 4.36. The van der Waals surface area contributed by atoms with Crippen LogP contribution in [0.5, 0.6) is 0 Å². The lowest BCUT2D eigenvalue weighted by atomic mass is 10.0. The minimum atomic E-state index is -0.891. The lowest BCUT2D eigenvalue weighted by Gasteiger charge is -2.00. The normalized spacial score (nSPS) is 10.1. The number of carbonyl (C=O) groups is 4. The minimum Gasteiger partial charge on any atom is -0.481 e. The molecule has 0 aromatic heterocycles. The van der Waals surface area contributed by atoms with Crippen molar-refractivity contribution in [3.05, 3.63) is 0 Å². The van der Waals surface area contributed by atoms with Crippen molar-refractivity contribution >= 4 is 23.3 Å². The molecule has 0 bridgehead atoms. The van der Waals surface area contributed by atoms with Gasteiger partial charge in [-0.2, -0.15) is 0 Å². The zero-order valence-corrected chi connectivity index (χ0v) is 10.7. The van der Waals surface area contributed by atoms with Crippen molar-refractivity contribution in [2.75, 3.05) is 0 Å². The zero-order valence-electron chi connectivity index (χ0n) is 10.7. The molecular formula is C13H20O5. The number of carboxylic acid groups (broad SMARTS) is 1. The third kappa shape index (κ3) is 9.69. The second-order valence-corrected chi connectivity index (χ2v) is 4.36. The van der Waals surface area contributed by atoms with Crippen LogP contribution in [0.15, 0.2) is 0 Å². The maximum absolute atomic E-state index is 11.4. The van der Waals surface area contributed by atoms with Gasteiger partial charge in [0.1, 0.15) is 5.78 Å². The van der Waals surface area contributed by atoms with Crippen molar-refractivity contribution in [3.8, 4) is 0 Å². The van der Waals surface area contributed by atoms with Crippen LogP contribution in [0, 0.1) is 0 Å². The quantitative estimate of drug-likeness (QED) is 0.450. The van der Waals surface area contributed by atoms with E-state index in [0.717, 1.165) is 0 Å². The van der Waals surface area contributed by atoms with E-state index in [1.165, 1.54) is 6.92 Å². The highest BCUT2D eigenvalue weighted by Gasteiger charge is 2.12. The number of aliphatic carboxylic acids is 1. The number of unbranched alkanes of at least 4 members (excludes halogenated alkanes) is 2. The third-order valence-corrected chi connectivity index (χ3v) is 2.54. The third-order valence-electron chi connectivity index (χ3n) is 2.54. The highest BCUT2D eigenvalue weighted by Crippen LogP contribution is 2.06. The second kappa shape index (κ2) is 9.50. The topological polar surface area (TPSA) is 88.5 Å². The number of hydrogen-bond acceptors (Lipinski definition) is 4. The Morgan fingerprint density at radius 1 is 0.722 bits per heavy atom. The van der Waals surface area contributed by atoms with E-state index < -0.39 is 17.5 Å². The molecule has 0 aliphatic heterocycles. The fourth-order valence-corrected chi connectivity index (χ4v) is 1.50. The van der Waals surface area contributed by atoms with Crippen molar-refractivity contribution in [1.82, 2.24) is 0 Å². The Labute approximate surface area is 107 Å². The number of rotatable bonds is 11. The summed E-state index contributed by atoms with van der Waals surface area (Å²) in [5, 5.41) is 8.40. The van der Waals surface area contributed by atoms with Gasteiger partial charge in [-0.05, 0) is 32.6 Å². The van der Waals surface area contributed by atoms with Gasteiger partial charge in [-0.25, -0.2) is 0 Å². The molecule has 0 amide bonds. The Bertz CT molecular complexity index is 287. The van der Waals surface area contributed by atoms with Crippen LogP contribution in [0.3, 0.4) is 0 Å². The smallest absolute Gasteiger partial charge is 0.303 e. The number of carboxylic acids is 1. The first-order valence-electron chi connectivity index (χ1n) is 6.20. The first kappa shape index (κ1) is 16.5. The summed E-state index contributed by atoms with van der Waals surface area (Å²) in [6.45, 7) is 1.50. The van der Waals surface area contributed by atoms with Crippen molar-refractivity contribution < 1.29 is 24.3 Å². The number of Topliss-reactive ketones (excluding diaryl/α,β-unsaturated/α-hetero) is 3. The zero-order chi connectivity index (χ0) is 14.0. The molecule has 0 aromatic rings. The maximum atomic E-state index is 11.4. The Hall–Kier alpha value is -1.52. The van der Waals surface area contributed by atoms with Gasteiger partial charge in [0.15, 0.2) is 11.6 Å². The Balaban J connectivity index is 3.60. The molecule has 1 N–H and O–H groups in total. The predicted molar refractivity (Wildman–Crippen MR) is 65.3 cm³/mol. The summed E-state index contributed by atoms with van der Waals surface area (Å²) in [7, 11) is 0. The highest BCUT2D eigenvalue weighted by atomic mass is 16.4. The van der Waals surface area contributed by atoms with Gasteiger partial charge < -0.3 is 9.90 Å². The molecule has 0 unspecified atom stereocenters. The summed E-state index contributed by atoms with van der Waals surface area (Å²) in [4.78, 5) is 43.6. The van der Waals surface area contributed by atoms with E-state index in [9.17, 15) is 19.2 Å². The molecule has 0 heterocycles. The van der Waals surface area contributed by atoms with Gasteiger partial charge in [0.2, 0.25) is 0 Å². The summed E-state index contributed by atoms with van der Waals surface area (Å²) in [5.41, 5.74) is 0. The molecule has 5 heteroatoms. The molecule has 0 fully saturated rings. The molecule has 0 saturated carbocycles. The largest absolute Gasteiger partial charge is 0.481 e. The van der Waals surface area contributed by atoms with E-state index in [4.69, 9.17) is 5.11 Å². The highest BCUT2D eigenvalue weighted by molar-refractivity contribution is 6.37. The Kier molecular flexibility index (Phi) is 8.70. The van der Waals surface area contributed by atoms with Gasteiger partial charge in [-0.3, -0.25) is 14.4 Å². The predicted octanol–water partition coefficient (Wildman–Crippen LogP) is 1.92. The molecule has 102 valence electrons. The van der Waals surface area contributed by atoms with Crippen LogP contribution in [0.1, 0.15) is 58.3 Å². The number of ketones is 3. The van der Waals surface area contributed by atoms with Crippen molar-refractivity contribution in [1.29, 1.82) is 0 Å². The molecule has 0 aromatic carbocycles. The fourth-order valence-electron chi connectivity index (χ4n) is 1.50. The molecule has 0 aliphatic carbocycles. The first-order valence-corrected chi connectivity index (χ1v) is 6.20. The molecule has 0 radical (unpaired) electrons. The minimum absolute atomic E-state index is 0.0279. The summed E-state index contributed by atoms with van der Waals surface area (Å²) in [6, 6.07) is 0. The number of carbonyl (C=O) groups excluding carboxylic acids is 3. The van der Waals surface area contributed by atoms with Gasteiger partial charge in [0.25, 0.3) is 0 Å². The summed E-state index contributed by atoms with van der Waals surface area (Å²) < 4.78 is 0. The first-order chi connectivity index (χ1) is 8.43. The fraction of sp³-hybridized carbons (Fsp3) is 0.692. The van der Waals surface area contributed by atoms with Crippen LogP contribution in [0.2, 0.25) is 0 Å². The average molecular weight is 256 g/mol. The van der Waals surface area contributed by atoms with Crippen LogP contribution in [-0.2, 0) is 19.2 Å². The van der Waals surface area contributed by atoms with Crippen molar-refractivity contribution in [2.45, 2.75) is 58.3 Å². The van der Waals surface area contributed by atoms with E-state index >= 15 is 0 Å². The Morgan fingerprint density at radius 2 is 1.11 bits per heavy atom. The van der Waals surface area contributed by atoms with E-state index in [1.807, 2.05) is 0 Å². The molecular weight excluding hydrogens is 236 g/mol. The van der Waals surface area contributed by atoms with Crippen molar-refractivity contribution in [2.24, 2.45) is 0 Å². The van der Waals surface area contributed by atoms with Crippen molar-refractivity contribution in [3.63, 3.8) is 0 Å². The molecule has 0 spiro atoms. The lowest BCUT2D eigenvalue weighted by molar-refractivity contribution is -0.137. The van der Waals surface area contributed by atoms with E-state index in [2.05, 4.69) is 0 Å². The lowest BCUT2D eigenvalue weighted by Crippen LogP contribution is -2.13. The maximum Gasteiger partial charge on any atom is 0.303 e. The SMILES string of the molecule is CC(=O)CCCCC(=O)C(=O)CCCCC(=O)O. The van der Waals surface area contributed by atoms with Gasteiger partial charge in [0.05, 0.1) is 0 Å². The monoisotopic (exact) mass is 256 g/mol.